The topological polar surface area (TPSA) is 47.6 Å². The Morgan fingerprint density at radius 3 is 2.63 bits per heavy atom. The molecule has 5 heteroatoms. The third-order valence-electron chi connectivity index (χ3n) is 3.02. The standard InChI is InChI=1S/C14H20FNO3/c1-5-9-16-14(2,13(17)19-4)12-10(15)7-6-8-11(12)18-3/h6-8,16H,5,9H2,1-4H3. The van der Waals surface area contributed by atoms with Crippen LogP contribution in [0.4, 0.5) is 4.39 Å². The van der Waals surface area contributed by atoms with E-state index in [1.807, 2.05) is 6.92 Å². The maximum atomic E-state index is 14.1. The third-order valence-corrected chi connectivity index (χ3v) is 3.02. The van der Waals surface area contributed by atoms with Crippen LogP contribution in [-0.4, -0.2) is 26.7 Å². The van der Waals surface area contributed by atoms with E-state index < -0.39 is 17.3 Å². The fourth-order valence-electron chi connectivity index (χ4n) is 2.00. The predicted octanol–water partition coefficient (Wildman–Crippen LogP) is 2.22. The molecular formula is C14H20FNO3. The first kappa shape index (κ1) is 15.4. The average Bonchev–Trinajstić information content (AvgIpc) is 2.43. The second-order valence-corrected chi connectivity index (χ2v) is 4.36. The van der Waals surface area contributed by atoms with Gasteiger partial charge in [0.25, 0.3) is 0 Å². The van der Waals surface area contributed by atoms with Crippen molar-refractivity contribution in [1.82, 2.24) is 5.32 Å². The minimum Gasteiger partial charge on any atom is -0.496 e. The van der Waals surface area contributed by atoms with Crippen molar-refractivity contribution in [2.24, 2.45) is 0 Å². The van der Waals surface area contributed by atoms with Gasteiger partial charge in [0.1, 0.15) is 17.1 Å². The summed E-state index contributed by atoms with van der Waals surface area (Å²) < 4.78 is 24.1. The van der Waals surface area contributed by atoms with Gasteiger partial charge in [-0.15, -0.1) is 0 Å². The number of nitrogens with one attached hydrogen (secondary N) is 1. The zero-order valence-electron chi connectivity index (χ0n) is 11.7. The monoisotopic (exact) mass is 269 g/mol. The fraction of sp³-hybridized carbons (Fsp3) is 0.500. The first-order valence-electron chi connectivity index (χ1n) is 6.17. The van der Waals surface area contributed by atoms with E-state index >= 15 is 0 Å². The summed E-state index contributed by atoms with van der Waals surface area (Å²) >= 11 is 0. The molecule has 0 amide bonds. The van der Waals surface area contributed by atoms with E-state index in [0.717, 1.165) is 6.42 Å². The van der Waals surface area contributed by atoms with Crippen LogP contribution < -0.4 is 10.1 Å². The maximum absolute atomic E-state index is 14.1. The van der Waals surface area contributed by atoms with Crippen LogP contribution in [0.25, 0.3) is 0 Å². The highest BCUT2D eigenvalue weighted by atomic mass is 19.1. The van der Waals surface area contributed by atoms with Crippen molar-refractivity contribution in [1.29, 1.82) is 0 Å². The van der Waals surface area contributed by atoms with Crippen LogP contribution in [0, 0.1) is 5.82 Å². The van der Waals surface area contributed by atoms with Gasteiger partial charge >= 0.3 is 5.97 Å². The van der Waals surface area contributed by atoms with Crippen LogP contribution in [0.3, 0.4) is 0 Å². The molecule has 0 aliphatic heterocycles. The molecule has 0 radical (unpaired) electrons. The van der Waals surface area contributed by atoms with Gasteiger partial charge in [0, 0.05) is 0 Å². The maximum Gasteiger partial charge on any atom is 0.330 e. The second-order valence-electron chi connectivity index (χ2n) is 4.36. The predicted molar refractivity (Wildman–Crippen MR) is 70.6 cm³/mol. The summed E-state index contributed by atoms with van der Waals surface area (Å²) in [5, 5.41) is 3.03. The SMILES string of the molecule is CCCNC(C)(C(=O)OC)c1c(F)cccc1OC. The van der Waals surface area contributed by atoms with Crippen molar-refractivity contribution in [3.05, 3.63) is 29.6 Å². The molecule has 0 aliphatic carbocycles. The van der Waals surface area contributed by atoms with E-state index in [1.165, 1.54) is 26.4 Å². The van der Waals surface area contributed by atoms with Gasteiger partial charge in [-0.05, 0) is 32.0 Å². The highest BCUT2D eigenvalue weighted by Gasteiger charge is 2.40. The van der Waals surface area contributed by atoms with Gasteiger partial charge in [0.15, 0.2) is 0 Å². The largest absolute Gasteiger partial charge is 0.496 e. The summed E-state index contributed by atoms with van der Waals surface area (Å²) in [4.78, 5) is 12.1. The number of methoxy groups -OCH3 is 2. The van der Waals surface area contributed by atoms with E-state index in [1.54, 1.807) is 13.0 Å². The van der Waals surface area contributed by atoms with E-state index in [-0.39, 0.29) is 5.56 Å². The Morgan fingerprint density at radius 2 is 2.11 bits per heavy atom. The molecular weight excluding hydrogens is 249 g/mol. The van der Waals surface area contributed by atoms with Crippen molar-refractivity contribution in [2.45, 2.75) is 25.8 Å². The van der Waals surface area contributed by atoms with E-state index in [2.05, 4.69) is 5.32 Å². The molecule has 0 saturated carbocycles. The van der Waals surface area contributed by atoms with Crippen LogP contribution in [0.5, 0.6) is 5.75 Å². The number of ether oxygens (including phenoxy) is 2. The summed E-state index contributed by atoms with van der Waals surface area (Å²) in [5.41, 5.74) is -1.11. The van der Waals surface area contributed by atoms with Gasteiger partial charge in [-0.2, -0.15) is 0 Å². The van der Waals surface area contributed by atoms with Gasteiger partial charge in [0.2, 0.25) is 0 Å². The molecule has 0 aromatic heterocycles. The molecule has 0 saturated heterocycles. The van der Waals surface area contributed by atoms with E-state index in [4.69, 9.17) is 9.47 Å². The van der Waals surface area contributed by atoms with Crippen molar-refractivity contribution >= 4 is 5.97 Å². The molecule has 0 spiro atoms. The van der Waals surface area contributed by atoms with Gasteiger partial charge in [-0.1, -0.05) is 13.0 Å². The average molecular weight is 269 g/mol. The smallest absolute Gasteiger partial charge is 0.330 e. The van der Waals surface area contributed by atoms with Crippen molar-refractivity contribution in [2.75, 3.05) is 20.8 Å². The Hall–Kier alpha value is -1.62. The van der Waals surface area contributed by atoms with Crippen molar-refractivity contribution in [3.63, 3.8) is 0 Å². The number of halogens is 1. The van der Waals surface area contributed by atoms with Crippen LogP contribution in [0.15, 0.2) is 18.2 Å². The zero-order chi connectivity index (χ0) is 14.5. The minimum absolute atomic E-state index is 0.165. The Labute approximate surface area is 112 Å². The molecule has 1 atom stereocenters. The van der Waals surface area contributed by atoms with Crippen LogP contribution in [-0.2, 0) is 15.1 Å². The fourth-order valence-corrected chi connectivity index (χ4v) is 2.00. The lowest BCUT2D eigenvalue weighted by Crippen LogP contribution is -2.48. The summed E-state index contributed by atoms with van der Waals surface area (Å²) in [7, 11) is 2.72. The molecule has 4 nitrogen and oxygen atoms in total. The van der Waals surface area contributed by atoms with E-state index in [0.29, 0.717) is 12.3 Å². The minimum atomic E-state index is -1.28. The van der Waals surface area contributed by atoms with E-state index in [9.17, 15) is 9.18 Å². The number of rotatable bonds is 6. The molecule has 19 heavy (non-hydrogen) atoms. The Kier molecular flexibility index (Phi) is 5.30. The first-order chi connectivity index (χ1) is 9.01. The zero-order valence-corrected chi connectivity index (χ0v) is 11.7. The summed E-state index contributed by atoms with van der Waals surface area (Å²) in [6.07, 6.45) is 0.809. The second kappa shape index (κ2) is 6.52. The number of carbonyl (C=O) groups is 1. The number of benzene rings is 1. The molecule has 0 heterocycles. The van der Waals surface area contributed by atoms with Crippen LogP contribution in [0.2, 0.25) is 0 Å². The Bertz CT molecular complexity index is 450. The normalized spacial score (nSPS) is 13.7. The summed E-state index contributed by atoms with van der Waals surface area (Å²) in [5.74, 6) is -0.739. The summed E-state index contributed by atoms with van der Waals surface area (Å²) in [6.45, 7) is 4.11. The van der Waals surface area contributed by atoms with Gasteiger partial charge in [-0.25, -0.2) is 9.18 Å². The number of hydrogen-bond acceptors (Lipinski definition) is 4. The lowest BCUT2D eigenvalue weighted by molar-refractivity contribution is -0.148. The third kappa shape index (κ3) is 3.04. The molecule has 1 unspecified atom stereocenters. The number of carbonyl (C=O) groups excluding carboxylic acids is 1. The van der Waals surface area contributed by atoms with Crippen LogP contribution >= 0.6 is 0 Å². The Morgan fingerprint density at radius 1 is 1.42 bits per heavy atom. The van der Waals surface area contributed by atoms with Gasteiger partial charge < -0.3 is 9.47 Å². The lowest BCUT2D eigenvalue weighted by Gasteiger charge is -2.30. The molecule has 1 N–H and O–H groups in total. The molecule has 1 rings (SSSR count). The van der Waals surface area contributed by atoms with Gasteiger partial charge in [0.05, 0.1) is 19.8 Å². The molecule has 0 bridgehead atoms. The summed E-state index contributed by atoms with van der Waals surface area (Å²) in [6, 6.07) is 4.45. The first-order valence-corrected chi connectivity index (χ1v) is 6.17. The molecule has 1 aromatic rings. The molecule has 0 aliphatic rings. The molecule has 0 fully saturated rings. The highest BCUT2D eigenvalue weighted by molar-refractivity contribution is 5.83. The van der Waals surface area contributed by atoms with Crippen molar-refractivity contribution in [3.8, 4) is 5.75 Å². The molecule has 1 aromatic carbocycles. The number of esters is 1. The Balaban J connectivity index is 3.36. The lowest BCUT2D eigenvalue weighted by atomic mass is 9.90. The van der Waals surface area contributed by atoms with Crippen LogP contribution in [0.1, 0.15) is 25.8 Å². The van der Waals surface area contributed by atoms with Crippen molar-refractivity contribution < 1.29 is 18.7 Å². The molecule has 106 valence electrons. The number of hydrogen-bond donors (Lipinski definition) is 1. The highest BCUT2D eigenvalue weighted by Crippen LogP contribution is 2.33. The van der Waals surface area contributed by atoms with Gasteiger partial charge in [-0.3, -0.25) is 5.32 Å². The quantitative estimate of drug-likeness (QED) is 0.804.